The molecule has 2 nitrogen and oxygen atoms in total. The van der Waals surface area contributed by atoms with Crippen molar-refractivity contribution < 1.29 is 0 Å². The minimum Gasteiger partial charge on any atom is -0.398 e. The number of nitrogens with zero attached hydrogens (tertiary/aromatic N) is 1. The molecule has 0 saturated carbocycles. The lowest BCUT2D eigenvalue weighted by atomic mass is 10.2. The van der Waals surface area contributed by atoms with Gasteiger partial charge < -0.3 is 5.73 Å². The summed E-state index contributed by atoms with van der Waals surface area (Å²) in [7, 11) is 0. The first-order valence-corrected chi connectivity index (χ1v) is 7.65. The number of nitrogens with two attached hydrogens (primary N) is 1. The van der Waals surface area contributed by atoms with Crippen molar-refractivity contribution in [3.63, 3.8) is 0 Å². The Morgan fingerprint density at radius 3 is 2.72 bits per heavy atom. The van der Waals surface area contributed by atoms with Gasteiger partial charge in [-0.2, -0.15) is 0 Å². The zero-order chi connectivity index (χ0) is 13.0. The molecule has 0 atom stereocenters. The SMILES string of the molecule is CCN(Cc1ccc(Br)c(N)c1)Cc1cccs1. The van der Waals surface area contributed by atoms with Crippen LogP contribution in [0.25, 0.3) is 0 Å². The van der Waals surface area contributed by atoms with Crippen molar-refractivity contribution in [3.8, 4) is 0 Å². The van der Waals surface area contributed by atoms with Crippen molar-refractivity contribution in [3.05, 3.63) is 50.6 Å². The van der Waals surface area contributed by atoms with E-state index in [0.717, 1.165) is 29.8 Å². The Kier molecular flexibility index (Phi) is 4.80. The molecule has 96 valence electrons. The summed E-state index contributed by atoms with van der Waals surface area (Å²) < 4.78 is 0.965. The average molecular weight is 325 g/mol. The summed E-state index contributed by atoms with van der Waals surface area (Å²) in [6.07, 6.45) is 0. The molecule has 0 radical (unpaired) electrons. The Hall–Kier alpha value is -0.840. The molecular weight excluding hydrogens is 308 g/mol. The average Bonchev–Trinajstić information content (AvgIpc) is 2.86. The minimum absolute atomic E-state index is 0.805. The molecule has 18 heavy (non-hydrogen) atoms. The van der Waals surface area contributed by atoms with E-state index in [1.54, 1.807) is 0 Å². The van der Waals surface area contributed by atoms with Gasteiger partial charge >= 0.3 is 0 Å². The van der Waals surface area contributed by atoms with Gasteiger partial charge in [-0.05, 0) is 51.6 Å². The Bertz CT molecular complexity index is 497. The molecule has 0 unspecified atom stereocenters. The minimum atomic E-state index is 0.805. The Balaban J connectivity index is 2.03. The molecule has 2 N–H and O–H groups in total. The van der Waals surface area contributed by atoms with E-state index in [4.69, 9.17) is 5.73 Å². The van der Waals surface area contributed by atoms with Crippen molar-refractivity contribution in [1.82, 2.24) is 4.90 Å². The second-order valence-corrected chi connectivity index (χ2v) is 6.13. The summed E-state index contributed by atoms with van der Waals surface area (Å²) >= 11 is 5.23. The second kappa shape index (κ2) is 6.36. The summed E-state index contributed by atoms with van der Waals surface area (Å²) in [5.74, 6) is 0. The fourth-order valence-corrected chi connectivity index (χ4v) is 2.85. The Morgan fingerprint density at radius 1 is 1.28 bits per heavy atom. The van der Waals surface area contributed by atoms with E-state index < -0.39 is 0 Å². The quantitative estimate of drug-likeness (QED) is 0.838. The van der Waals surface area contributed by atoms with Crippen molar-refractivity contribution in [2.45, 2.75) is 20.0 Å². The first-order valence-electron chi connectivity index (χ1n) is 5.97. The fourth-order valence-electron chi connectivity index (χ4n) is 1.85. The first-order chi connectivity index (χ1) is 8.69. The Morgan fingerprint density at radius 2 is 2.11 bits per heavy atom. The maximum atomic E-state index is 5.91. The predicted molar refractivity (Wildman–Crippen MR) is 82.7 cm³/mol. The van der Waals surface area contributed by atoms with Gasteiger partial charge in [0.15, 0.2) is 0 Å². The van der Waals surface area contributed by atoms with Crippen molar-refractivity contribution >= 4 is 33.0 Å². The summed E-state index contributed by atoms with van der Waals surface area (Å²) in [4.78, 5) is 3.82. The molecule has 0 aliphatic rings. The molecule has 0 saturated heterocycles. The normalized spacial score (nSPS) is 11.1. The molecule has 1 aromatic heterocycles. The molecule has 0 spiro atoms. The first kappa shape index (κ1) is 13.6. The highest BCUT2D eigenvalue weighted by Gasteiger charge is 2.06. The van der Waals surface area contributed by atoms with Gasteiger partial charge in [0.2, 0.25) is 0 Å². The molecule has 0 fully saturated rings. The molecule has 0 amide bonds. The third kappa shape index (κ3) is 3.57. The largest absolute Gasteiger partial charge is 0.398 e. The molecular formula is C14H17BrN2S. The smallest absolute Gasteiger partial charge is 0.0461 e. The van der Waals surface area contributed by atoms with Crippen molar-refractivity contribution in [1.29, 1.82) is 0 Å². The van der Waals surface area contributed by atoms with E-state index in [1.165, 1.54) is 10.4 Å². The number of thiophene rings is 1. The maximum absolute atomic E-state index is 5.91. The number of rotatable bonds is 5. The molecule has 0 aliphatic carbocycles. The number of anilines is 1. The van der Waals surface area contributed by atoms with Crippen LogP contribution in [0.1, 0.15) is 17.4 Å². The molecule has 2 aromatic rings. The van der Waals surface area contributed by atoms with Crippen LogP contribution in [0, 0.1) is 0 Å². The van der Waals surface area contributed by atoms with Crippen molar-refractivity contribution in [2.75, 3.05) is 12.3 Å². The highest BCUT2D eigenvalue weighted by atomic mass is 79.9. The summed E-state index contributed by atoms with van der Waals surface area (Å²) in [6.45, 7) is 5.17. The van der Waals surface area contributed by atoms with Crippen LogP contribution in [0.4, 0.5) is 5.69 Å². The molecule has 1 aromatic carbocycles. The van der Waals surface area contributed by atoms with Gasteiger partial charge in [0.05, 0.1) is 0 Å². The topological polar surface area (TPSA) is 29.3 Å². The third-order valence-corrected chi connectivity index (χ3v) is 4.46. The highest BCUT2D eigenvalue weighted by Crippen LogP contribution is 2.21. The van der Waals surface area contributed by atoms with E-state index in [1.807, 2.05) is 23.5 Å². The highest BCUT2D eigenvalue weighted by molar-refractivity contribution is 9.10. The van der Waals surface area contributed by atoms with Gasteiger partial charge in [0, 0.05) is 28.1 Å². The third-order valence-electron chi connectivity index (χ3n) is 2.87. The van der Waals surface area contributed by atoms with Gasteiger partial charge in [-0.25, -0.2) is 0 Å². The van der Waals surface area contributed by atoms with E-state index in [-0.39, 0.29) is 0 Å². The number of benzene rings is 1. The van der Waals surface area contributed by atoms with Gasteiger partial charge in [0.1, 0.15) is 0 Å². The van der Waals surface area contributed by atoms with Crippen LogP contribution in [0.15, 0.2) is 40.2 Å². The fraction of sp³-hybridized carbons (Fsp3) is 0.286. The van der Waals surface area contributed by atoms with E-state index in [0.29, 0.717) is 0 Å². The van der Waals surface area contributed by atoms with Gasteiger partial charge in [0.25, 0.3) is 0 Å². The van der Waals surface area contributed by atoms with Gasteiger partial charge in [-0.15, -0.1) is 11.3 Å². The molecule has 4 heteroatoms. The second-order valence-electron chi connectivity index (χ2n) is 4.24. The lowest BCUT2D eigenvalue weighted by Crippen LogP contribution is -2.21. The van der Waals surface area contributed by atoms with Crippen LogP contribution >= 0.6 is 27.3 Å². The van der Waals surface area contributed by atoms with Crippen LogP contribution in [-0.2, 0) is 13.1 Å². The summed E-state index contributed by atoms with van der Waals surface area (Å²) in [6, 6.07) is 10.5. The monoisotopic (exact) mass is 324 g/mol. The molecule has 0 aliphatic heterocycles. The maximum Gasteiger partial charge on any atom is 0.0461 e. The van der Waals surface area contributed by atoms with Gasteiger partial charge in [-0.3, -0.25) is 4.90 Å². The lowest BCUT2D eigenvalue weighted by Gasteiger charge is -2.20. The van der Waals surface area contributed by atoms with E-state index in [2.05, 4.69) is 51.3 Å². The zero-order valence-corrected chi connectivity index (χ0v) is 12.8. The number of halogens is 1. The van der Waals surface area contributed by atoms with E-state index in [9.17, 15) is 0 Å². The Labute approximate surface area is 121 Å². The van der Waals surface area contributed by atoms with Crippen LogP contribution in [0.2, 0.25) is 0 Å². The van der Waals surface area contributed by atoms with E-state index >= 15 is 0 Å². The zero-order valence-electron chi connectivity index (χ0n) is 10.4. The van der Waals surface area contributed by atoms with Crippen LogP contribution < -0.4 is 5.73 Å². The standard InChI is InChI=1S/C14H17BrN2S/c1-2-17(10-12-4-3-7-18-12)9-11-5-6-13(15)14(16)8-11/h3-8H,2,9-10,16H2,1H3. The number of nitrogen functional groups attached to an aromatic ring is 1. The van der Waals surface area contributed by atoms with Crippen LogP contribution in [0.5, 0.6) is 0 Å². The molecule has 0 bridgehead atoms. The predicted octanol–water partition coefficient (Wildman–Crippen LogP) is 4.11. The van der Waals surface area contributed by atoms with Crippen LogP contribution in [-0.4, -0.2) is 11.4 Å². The van der Waals surface area contributed by atoms with Crippen LogP contribution in [0.3, 0.4) is 0 Å². The van der Waals surface area contributed by atoms with Gasteiger partial charge in [-0.1, -0.05) is 19.1 Å². The molecule has 2 rings (SSSR count). The number of hydrogen-bond donors (Lipinski definition) is 1. The van der Waals surface area contributed by atoms with Crippen molar-refractivity contribution in [2.24, 2.45) is 0 Å². The molecule has 1 heterocycles. The summed E-state index contributed by atoms with van der Waals surface area (Å²) in [5, 5.41) is 2.13. The summed E-state index contributed by atoms with van der Waals surface area (Å²) in [5.41, 5.74) is 7.97. The lowest BCUT2D eigenvalue weighted by molar-refractivity contribution is 0.274. The number of hydrogen-bond acceptors (Lipinski definition) is 3.